The van der Waals surface area contributed by atoms with Gasteiger partial charge in [-0.1, -0.05) is 29.8 Å². The molecule has 2 aromatic rings. The van der Waals surface area contributed by atoms with E-state index in [-0.39, 0.29) is 5.91 Å². The largest absolute Gasteiger partial charge is 0.489 e. The van der Waals surface area contributed by atoms with E-state index in [0.29, 0.717) is 35.9 Å². The monoisotopic (exact) mass is 359 g/mol. The van der Waals surface area contributed by atoms with Gasteiger partial charge in [-0.15, -0.1) is 0 Å². The van der Waals surface area contributed by atoms with Gasteiger partial charge in [-0.05, 0) is 43.2 Å². The maximum atomic E-state index is 12.1. The number of carboxylic acids is 1. The van der Waals surface area contributed by atoms with Gasteiger partial charge in [0.1, 0.15) is 12.4 Å². The fourth-order valence-electron chi connectivity index (χ4n) is 2.76. The number of halogens is 1. The van der Waals surface area contributed by atoms with Crippen molar-refractivity contribution in [1.29, 1.82) is 0 Å². The minimum Gasteiger partial charge on any atom is -0.489 e. The van der Waals surface area contributed by atoms with Crippen molar-refractivity contribution in [3.05, 3.63) is 59.1 Å². The summed E-state index contributed by atoms with van der Waals surface area (Å²) in [6.45, 7) is 0.355. The van der Waals surface area contributed by atoms with Gasteiger partial charge < -0.3 is 15.2 Å². The lowest BCUT2D eigenvalue weighted by atomic mass is 9.73. The van der Waals surface area contributed by atoms with Gasteiger partial charge in [0.2, 0.25) is 5.91 Å². The first-order valence-corrected chi connectivity index (χ1v) is 8.42. The molecule has 5 nitrogen and oxygen atoms in total. The molecule has 0 bridgehead atoms. The van der Waals surface area contributed by atoms with Crippen LogP contribution in [0.2, 0.25) is 5.02 Å². The van der Waals surface area contributed by atoms with Gasteiger partial charge in [0.05, 0.1) is 11.8 Å². The first-order valence-electron chi connectivity index (χ1n) is 8.04. The number of nitrogens with one attached hydrogen (secondary N) is 1. The Morgan fingerprint density at radius 2 is 1.76 bits per heavy atom. The number of anilines is 1. The van der Waals surface area contributed by atoms with Crippen molar-refractivity contribution >= 4 is 29.2 Å². The highest BCUT2D eigenvalue weighted by Crippen LogP contribution is 2.35. The Morgan fingerprint density at radius 1 is 1.08 bits per heavy atom. The summed E-state index contributed by atoms with van der Waals surface area (Å²) in [5.41, 5.74) is 1.51. The minimum atomic E-state index is -0.908. The minimum absolute atomic E-state index is 0.247. The van der Waals surface area contributed by atoms with E-state index in [4.69, 9.17) is 21.4 Å². The van der Waals surface area contributed by atoms with Gasteiger partial charge in [0.25, 0.3) is 0 Å². The number of carbonyl (C=O) groups excluding carboxylic acids is 1. The molecule has 0 heterocycles. The topological polar surface area (TPSA) is 75.6 Å². The summed E-state index contributed by atoms with van der Waals surface area (Å²) in [5, 5.41) is 12.4. The summed E-state index contributed by atoms with van der Waals surface area (Å²) in [4.78, 5) is 23.1. The average Bonchev–Trinajstić information content (AvgIpc) is 2.54. The standard InChI is InChI=1S/C19H18ClNO4/c20-17-4-2-1-3-12(17)11-25-14-7-5-13(6-8-14)21-18(22)15-9-10-16(15)19(23)24/h1-8,15-16H,9-11H2,(H,21,22)(H,23,24). The second-order valence-electron chi connectivity index (χ2n) is 6.02. The highest BCUT2D eigenvalue weighted by atomic mass is 35.5. The van der Waals surface area contributed by atoms with Crippen LogP contribution in [-0.4, -0.2) is 17.0 Å². The molecule has 1 fully saturated rings. The molecule has 0 saturated heterocycles. The zero-order valence-corrected chi connectivity index (χ0v) is 14.2. The molecule has 130 valence electrons. The second kappa shape index (κ2) is 7.57. The molecule has 25 heavy (non-hydrogen) atoms. The molecular weight excluding hydrogens is 342 g/mol. The van der Waals surface area contributed by atoms with Gasteiger partial charge >= 0.3 is 5.97 Å². The van der Waals surface area contributed by atoms with Crippen LogP contribution in [0, 0.1) is 11.8 Å². The number of hydrogen-bond acceptors (Lipinski definition) is 3. The van der Waals surface area contributed by atoms with Crippen LogP contribution in [0.4, 0.5) is 5.69 Å². The Labute approximate surface area is 150 Å². The summed E-state index contributed by atoms with van der Waals surface area (Å²) >= 11 is 6.09. The molecule has 1 amide bonds. The van der Waals surface area contributed by atoms with E-state index in [1.54, 1.807) is 24.3 Å². The third-order valence-corrected chi connectivity index (χ3v) is 4.77. The van der Waals surface area contributed by atoms with Gasteiger partial charge in [-0.2, -0.15) is 0 Å². The van der Waals surface area contributed by atoms with Crippen LogP contribution in [0.15, 0.2) is 48.5 Å². The molecule has 1 aliphatic carbocycles. The van der Waals surface area contributed by atoms with Crippen LogP contribution in [0.5, 0.6) is 5.75 Å². The number of amides is 1. The Kier molecular flexibility index (Phi) is 5.24. The van der Waals surface area contributed by atoms with E-state index < -0.39 is 17.8 Å². The van der Waals surface area contributed by atoms with Crippen molar-refractivity contribution in [3.63, 3.8) is 0 Å². The van der Waals surface area contributed by atoms with Crippen molar-refractivity contribution in [3.8, 4) is 5.75 Å². The molecule has 0 aliphatic heterocycles. The van der Waals surface area contributed by atoms with Crippen molar-refractivity contribution in [2.75, 3.05) is 5.32 Å². The zero-order valence-electron chi connectivity index (χ0n) is 13.4. The summed E-state index contributed by atoms with van der Waals surface area (Å²) < 4.78 is 5.69. The van der Waals surface area contributed by atoms with Crippen LogP contribution in [0.3, 0.4) is 0 Å². The van der Waals surface area contributed by atoms with Crippen LogP contribution < -0.4 is 10.1 Å². The molecule has 0 radical (unpaired) electrons. The molecule has 1 saturated carbocycles. The molecule has 0 spiro atoms. The van der Waals surface area contributed by atoms with Crippen LogP contribution in [-0.2, 0) is 16.2 Å². The number of benzene rings is 2. The van der Waals surface area contributed by atoms with Crippen LogP contribution in [0.1, 0.15) is 18.4 Å². The smallest absolute Gasteiger partial charge is 0.307 e. The molecule has 2 aromatic carbocycles. The number of rotatable bonds is 6. The molecule has 0 aromatic heterocycles. The van der Waals surface area contributed by atoms with Gasteiger partial charge in [-0.3, -0.25) is 9.59 Å². The lowest BCUT2D eigenvalue weighted by molar-refractivity contribution is -0.151. The van der Waals surface area contributed by atoms with E-state index in [1.165, 1.54) is 0 Å². The van der Waals surface area contributed by atoms with E-state index >= 15 is 0 Å². The first kappa shape index (κ1) is 17.3. The predicted molar refractivity (Wildman–Crippen MR) is 94.7 cm³/mol. The Balaban J connectivity index is 1.54. The quantitative estimate of drug-likeness (QED) is 0.818. The third-order valence-electron chi connectivity index (χ3n) is 4.40. The van der Waals surface area contributed by atoms with Crippen LogP contribution >= 0.6 is 11.6 Å². The second-order valence-corrected chi connectivity index (χ2v) is 6.43. The highest BCUT2D eigenvalue weighted by molar-refractivity contribution is 6.31. The Hall–Kier alpha value is -2.53. The molecule has 1 aliphatic rings. The van der Waals surface area contributed by atoms with E-state index in [0.717, 1.165) is 5.56 Å². The fraction of sp³-hybridized carbons (Fsp3) is 0.263. The van der Waals surface area contributed by atoms with Gasteiger partial charge in [0.15, 0.2) is 0 Å². The first-order chi connectivity index (χ1) is 12.0. The summed E-state index contributed by atoms with van der Waals surface area (Å²) in [6, 6.07) is 14.4. The fourth-order valence-corrected chi connectivity index (χ4v) is 2.95. The SMILES string of the molecule is O=C(O)C1CCC1C(=O)Nc1ccc(OCc2ccccc2Cl)cc1. The molecule has 6 heteroatoms. The van der Waals surface area contributed by atoms with E-state index in [9.17, 15) is 9.59 Å². The van der Waals surface area contributed by atoms with Crippen molar-refractivity contribution in [2.24, 2.45) is 11.8 Å². The van der Waals surface area contributed by atoms with E-state index in [1.807, 2.05) is 24.3 Å². The van der Waals surface area contributed by atoms with Gasteiger partial charge in [0, 0.05) is 16.3 Å². The Bertz CT molecular complexity index is 775. The summed E-state index contributed by atoms with van der Waals surface area (Å²) in [7, 11) is 0. The molecule has 2 unspecified atom stereocenters. The maximum absolute atomic E-state index is 12.1. The van der Waals surface area contributed by atoms with Crippen molar-refractivity contribution < 1.29 is 19.4 Å². The lowest BCUT2D eigenvalue weighted by Crippen LogP contribution is -2.41. The predicted octanol–water partition coefficient (Wildman–Crippen LogP) is 3.97. The lowest BCUT2D eigenvalue weighted by Gasteiger charge is -2.31. The summed E-state index contributed by atoms with van der Waals surface area (Å²) in [6.07, 6.45) is 1.17. The van der Waals surface area contributed by atoms with Crippen molar-refractivity contribution in [2.45, 2.75) is 19.4 Å². The third kappa shape index (κ3) is 4.12. The van der Waals surface area contributed by atoms with Crippen molar-refractivity contribution in [1.82, 2.24) is 0 Å². The highest BCUT2D eigenvalue weighted by Gasteiger charge is 2.41. The molecule has 2 N–H and O–H groups in total. The Morgan fingerprint density at radius 3 is 2.36 bits per heavy atom. The number of ether oxygens (including phenoxy) is 1. The maximum Gasteiger partial charge on any atom is 0.307 e. The molecule has 2 atom stereocenters. The summed E-state index contributed by atoms with van der Waals surface area (Å²) in [5.74, 6) is -1.52. The zero-order chi connectivity index (χ0) is 17.8. The number of hydrogen-bond donors (Lipinski definition) is 2. The number of carbonyl (C=O) groups is 2. The van der Waals surface area contributed by atoms with Gasteiger partial charge in [-0.25, -0.2) is 0 Å². The normalized spacial score (nSPS) is 18.9. The number of aliphatic carboxylic acids is 1. The molecular formula is C19H18ClNO4. The van der Waals surface area contributed by atoms with E-state index in [2.05, 4.69) is 5.32 Å². The molecule has 3 rings (SSSR count). The average molecular weight is 360 g/mol. The number of carboxylic acid groups (broad SMARTS) is 1. The van der Waals surface area contributed by atoms with Crippen LogP contribution in [0.25, 0.3) is 0 Å².